The summed E-state index contributed by atoms with van der Waals surface area (Å²) in [5, 5.41) is 0. The first-order valence-corrected chi connectivity index (χ1v) is 24.7. The van der Waals surface area contributed by atoms with Crippen molar-refractivity contribution >= 4 is 34.1 Å². The zero-order valence-electron chi connectivity index (χ0n) is 41.6. The summed E-state index contributed by atoms with van der Waals surface area (Å²) in [5.74, 6) is -0.0219. The van der Waals surface area contributed by atoms with Crippen LogP contribution in [0.2, 0.25) is 0 Å². The Morgan fingerprint density at radius 3 is 0.713 bits per heavy atom. The van der Waals surface area contributed by atoms with E-state index in [9.17, 15) is 0 Å². The van der Waals surface area contributed by atoms with Crippen molar-refractivity contribution in [2.24, 2.45) is 0 Å². The Balaban J connectivity index is 1.03. The molecule has 0 amide bonds. The van der Waals surface area contributed by atoms with Gasteiger partial charge >= 0.3 is 24.7 Å². The first-order chi connectivity index (χ1) is 38.2. The summed E-state index contributed by atoms with van der Waals surface area (Å²) < 4.78 is 187. The topological polar surface area (TPSA) is 32.3 Å². The van der Waals surface area contributed by atoms with E-state index < -0.39 is 57.8 Å². The van der Waals surface area contributed by atoms with E-state index in [1.54, 1.807) is 161 Å². The Morgan fingerprint density at radius 1 is 0.237 bits per heavy atom. The average Bonchev–Trinajstić information content (AvgIpc) is 3.51. The summed E-state index contributed by atoms with van der Waals surface area (Å²) in [6.45, 7) is 0. The SMILES string of the molecule is FC(F)(F)C(c1ccc(-c2cc(-c3ccc(C(c4ccc(N(c5ccccc5)c5ccccc5)cc4)(C(F)(F)F)C(F)(F)F)cc3)nc(-c3ccccc3)n2)cc1)(c1ccc(N(c2ccccc2)c2ccccc2)cc1)C(F)(F)F. The molecular weight excluding hydrogens is 1050 g/mol. The van der Waals surface area contributed by atoms with E-state index in [4.69, 9.17) is 0 Å². The normalized spacial score (nSPS) is 12.5. The van der Waals surface area contributed by atoms with Gasteiger partial charge in [-0.3, -0.25) is 0 Å². The van der Waals surface area contributed by atoms with Crippen molar-refractivity contribution in [3.05, 3.63) is 277 Å². The van der Waals surface area contributed by atoms with Gasteiger partial charge in [0.05, 0.1) is 11.4 Å². The fraction of sp³-hybridized carbons (Fsp3) is 0.0938. The largest absolute Gasteiger partial charge is 0.411 e. The third-order valence-electron chi connectivity index (χ3n) is 13.9. The maximum atomic E-state index is 15.6. The molecular formula is C64H42F12N4. The highest BCUT2D eigenvalue weighted by atomic mass is 19.4. The molecule has 10 rings (SSSR count). The van der Waals surface area contributed by atoms with E-state index in [1.165, 1.54) is 30.3 Å². The Bertz CT molecular complexity index is 3340. The molecule has 1 heterocycles. The van der Waals surface area contributed by atoms with Crippen molar-refractivity contribution in [3.8, 4) is 33.9 Å². The molecule has 0 aliphatic heterocycles. The van der Waals surface area contributed by atoms with Crippen LogP contribution in [0, 0.1) is 0 Å². The number of benzene rings is 9. The third kappa shape index (κ3) is 9.90. The van der Waals surface area contributed by atoms with Crippen LogP contribution >= 0.6 is 0 Å². The van der Waals surface area contributed by atoms with Gasteiger partial charge in [-0.2, -0.15) is 52.7 Å². The molecule has 0 radical (unpaired) electrons. The highest BCUT2D eigenvalue weighted by molar-refractivity contribution is 5.79. The minimum absolute atomic E-state index is 0.0101. The van der Waals surface area contributed by atoms with Gasteiger partial charge in [-0.25, -0.2) is 9.97 Å². The fourth-order valence-electron chi connectivity index (χ4n) is 10.1. The van der Waals surface area contributed by atoms with Gasteiger partial charge in [0.2, 0.25) is 10.8 Å². The van der Waals surface area contributed by atoms with Crippen LogP contribution in [-0.4, -0.2) is 34.7 Å². The van der Waals surface area contributed by atoms with E-state index in [-0.39, 0.29) is 39.7 Å². The first-order valence-electron chi connectivity index (χ1n) is 24.7. The maximum Gasteiger partial charge on any atom is 0.411 e. The minimum atomic E-state index is -5.94. The number of aromatic nitrogens is 2. The van der Waals surface area contributed by atoms with Gasteiger partial charge in [0.25, 0.3) is 0 Å². The molecule has 1 aromatic heterocycles. The lowest BCUT2D eigenvalue weighted by atomic mass is 9.72. The molecule has 10 aromatic rings. The van der Waals surface area contributed by atoms with Crippen LogP contribution in [0.25, 0.3) is 33.9 Å². The number of anilines is 6. The van der Waals surface area contributed by atoms with E-state index >= 15 is 52.7 Å². The van der Waals surface area contributed by atoms with Gasteiger partial charge in [0, 0.05) is 50.8 Å². The molecule has 0 spiro atoms. The summed E-state index contributed by atoms with van der Waals surface area (Å²) in [5.41, 5.74) is -10.4. The van der Waals surface area contributed by atoms with Crippen molar-refractivity contribution in [3.63, 3.8) is 0 Å². The second-order valence-corrected chi connectivity index (χ2v) is 18.6. The molecule has 0 saturated carbocycles. The van der Waals surface area contributed by atoms with Crippen molar-refractivity contribution < 1.29 is 52.7 Å². The van der Waals surface area contributed by atoms with Crippen LogP contribution in [0.5, 0.6) is 0 Å². The fourth-order valence-corrected chi connectivity index (χ4v) is 10.1. The number of alkyl halides is 12. The van der Waals surface area contributed by atoms with Crippen molar-refractivity contribution in [1.29, 1.82) is 0 Å². The zero-order chi connectivity index (χ0) is 56.5. The Morgan fingerprint density at radius 2 is 0.463 bits per heavy atom. The minimum Gasteiger partial charge on any atom is -0.311 e. The molecule has 0 saturated heterocycles. The highest BCUT2D eigenvalue weighted by Crippen LogP contribution is 2.58. The van der Waals surface area contributed by atoms with Crippen molar-refractivity contribution in [2.45, 2.75) is 35.5 Å². The summed E-state index contributed by atoms with van der Waals surface area (Å²) >= 11 is 0. The van der Waals surface area contributed by atoms with Crippen LogP contribution < -0.4 is 9.80 Å². The standard InChI is InChI=1S/C64H42F12N4/c65-61(66,67)59(62(68,69)70,48-34-38-54(39-35-48)79(50-18-8-2-9-19-50)51-20-10-3-11-21-51)46-30-26-43(27-31-46)56-42-57(78-58(77-56)45-16-6-1-7-17-45)44-28-32-47(33-29-44)60(63(71,72)73,64(74,75)76)49-36-40-55(41-37-49)80(52-22-12-4-13-23-52)53-24-14-5-15-25-53/h1-42H. The number of rotatable bonds is 13. The maximum absolute atomic E-state index is 15.6. The second-order valence-electron chi connectivity index (χ2n) is 18.6. The molecule has 4 nitrogen and oxygen atoms in total. The van der Waals surface area contributed by atoms with Gasteiger partial charge < -0.3 is 9.80 Å². The lowest BCUT2D eigenvalue weighted by molar-refractivity contribution is -0.290. The van der Waals surface area contributed by atoms with Crippen LogP contribution in [-0.2, 0) is 10.8 Å². The van der Waals surface area contributed by atoms with Gasteiger partial charge in [-0.1, -0.05) is 176 Å². The Labute approximate surface area is 451 Å². The molecule has 0 N–H and O–H groups in total. The summed E-state index contributed by atoms with van der Waals surface area (Å²) in [4.78, 5) is 12.5. The van der Waals surface area contributed by atoms with Gasteiger partial charge in [0.1, 0.15) is 0 Å². The third-order valence-corrected chi connectivity index (χ3v) is 13.9. The van der Waals surface area contributed by atoms with Crippen molar-refractivity contribution in [2.75, 3.05) is 9.80 Å². The van der Waals surface area contributed by atoms with Crippen LogP contribution in [0.15, 0.2) is 255 Å². The lowest BCUT2D eigenvalue weighted by Crippen LogP contribution is -2.54. The molecule has 0 aliphatic carbocycles. The number of hydrogen-bond donors (Lipinski definition) is 0. The van der Waals surface area contributed by atoms with E-state index in [0.717, 1.165) is 48.5 Å². The van der Waals surface area contributed by atoms with E-state index in [1.807, 2.05) is 0 Å². The molecule has 0 atom stereocenters. The molecule has 0 bridgehead atoms. The van der Waals surface area contributed by atoms with E-state index in [2.05, 4.69) is 9.97 Å². The van der Waals surface area contributed by atoms with Crippen LogP contribution in [0.3, 0.4) is 0 Å². The smallest absolute Gasteiger partial charge is 0.311 e. The zero-order valence-corrected chi connectivity index (χ0v) is 41.6. The van der Waals surface area contributed by atoms with Crippen LogP contribution in [0.4, 0.5) is 86.8 Å². The number of para-hydroxylation sites is 4. The highest BCUT2D eigenvalue weighted by Gasteiger charge is 2.73. The quantitative estimate of drug-likeness (QED) is 0.108. The van der Waals surface area contributed by atoms with Crippen molar-refractivity contribution in [1.82, 2.24) is 9.97 Å². The molecule has 402 valence electrons. The Hall–Kier alpha value is -9.18. The van der Waals surface area contributed by atoms with Gasteiger partial charge in [0.15, 0.2) is 5.82 Å². The number of nitrogens with zero attached hydrogens (tertiary/aromatic N) is 4. The molecule has 0 fully saturated rings. The predicted octanol–water partition coefficient (Wildman–Crippen LogP) is 19.2. The molecule has 80 heavy (non-hydrogen) atoms. The Kier molecular flexibility index (Phi) is 14.4. The summed E-state index contributed by atoms with van der Waals surface area (Å²) in [6, 6.07) is 59.2. The summed E-state index contributed by atoms with van der Waals surface area (Å²) in [6.07, 6.45) is -23.8. The number of hydrogen-bond acceptors (Lipinski definition) is 4. The average molecular weight is 1100 g/mol. The molecule has 16 heteroatoms. The van der Waals surface area contributed by atoms with Crippen LogP contribution in [0.1, 0.15) is 22.3 Å². The lowest BCUT2D eigenvalue weighted by Gasteiger charge is -2.38. The van der Waals surface area contributed by atoms with E-state index in [0.29, 0.717) is 52.6 Å². The number of halogens is 12. The summed E-state index contributed by atoms with van der Waals surface area (Å²) in [7, 11) is 0. The predicted molar refractivity (Wildman–Crippen MR) is 286 cm³/mol. The second kappa shape index (κ2) is 21.2. The monoisotopic (exact) mass is 1090 g/mol. The van der Waals surface area contributed by atoms with Gasteiger partial charge in [-0.05, 0) is 101 Å². The van der Waals surface area contributed by atoms with Gasteiger partial charge in [-0.15, -0.1) is 0 Å². The molecule has 0 unspecified atom stereocenters. The molecule has 0 aliphatic rings. The first kappa shape index (κ1) is 54.2. The molecule has 9 aromatic carbocycles.